The number of ether oxygens (including phenoxy) is 1. The fraction of sp³-hybridized carbons (Fsp3) is 0.636. The second kappa shape index (κ2) is 7.65. The molecule has 2 N–H and O–H groups in total. The highest BCUT2D eigenvalue weighted by Crippen LogP contribution is 2.10. The molecule has 0 aliphatic heterocycles. The highest BCUT2D eigenvalue weighted by molar-refractivity contribution is 14.1. The number of aromatic amines is 1. The second-order valence-electron chi connectivity index (χ2n) is 3.71. The predicted octanol–water partition coefficient (Wildman–Crippen LogP) is 1.73. The molecule has 0 fully saturated rings. The van der Waals surface area contributed by atoms with Crippen molar-refractivity contribution in [3.05, 3.63) is 15.2 Å². The number of aromatic nitrogens is 2. The third-order valence-electron chi connectivity index (χ3n) is 2.28. The van der Waals surface area contributed by atoms with Crippen LogP contribution >= 0.6 is 22.6 Å². The van der Waals surface area contributed by atoms with Crippen LogP contribution in [0.1, 0.15) is 35.9 Å². The topological polar surface area (TPSA) is 67.0 Å². The maximum absolute atomic E-state index is 11.9. The van der Waals surface area contributed by atoms with Gasteiger partial charge >= 0.3 is 0 Å². The summed E-state index contributed by atoms with van der Waals surface area (Å²) in [4.78, 5) is 19.2. The number of nitrogens with one attached hydrogen (secondary N) is 2. The van der Waals surface area contributed by atoms with Gasteiger partial charge in [-0.25, -0.2) is 4.98 Å². The molecule has 0 aromatic carbocycles. The zero-order valence-corrected chi connectivity index (χ0v) is 12.3. The van der Waals surface area contributed by atoms with Gasteiger partial charge in [-0.1, -0.05) is 13.3 Å². The molecule has 0 saturated carbocycles. The maximum atomic E-state index is 11.9. The van der Waals surface area contributed by atoms with Gasteiger partial charge in [-0.3, -0.25) is 4.79 Å². The van der Waals surface area contributed by atoms with E-state index in [1.807, 2.05) is 0 Å². The molecule has 0 aliphatic rings. The van der Waals surface area contributed by atoms with Crippen LogP contribution in [-0.2, 0) is 11.2 Å². The summed E-state index contributed by atoms with van der Waals surface area (Å²) < 4.78 is 5.68. The van der Waals surface area contributed by atoms with Crippen molar-refractivity contribution >= 4 is 28.5 Å². The Labute approximate surface area is 115 Å². The van der Waals surface area contributed by atoms with E-state index in [2.05, 4.69) is 44.8 Å². The Kier molecular flexibility index (Phi) is 6.49. The molecule has 17 heavy (non-hydrogen) atoms. The second-order valence-corrected chi connectivity index (χ2v) is 4.73. The summed E-state index contributed by atoms with van der Waals surface area (Å²) >= 11 is 2.08. The van der Waals surface area contributed by atoms with Gasteiger partial charge in [0.2, 0.25) is 0 Å². The molecule has 96 valence electrons. The first-order valence-corrected chi connectivity index (χ1v) is 6.78. The Morgan fingerprint density at radius 2 is 2.35 bits per heavy atom. The van der Waals surface area contributed by atoms with Crippen LogP contribution in [0, 0.1) is 3.83 Å². The molecule has 0 atom stereocenters. The van der Waals surface area contributed by atoms with Gasteiger partial charge in [0, 0.05) is 26.0 Å². The smallest absolute Gasteiger partial charge is 0.271 e. The van der Waals surface area contributed by atoms with Crippen molar-refractivity contribution in [1.82, 2.24) is 15.3 Å². The molecule has 0 radical (unpaired) electrons. The van der Waals surface area contributed by atoms with Crippen molar-refractivity contribution < 1.29 is 9.53 Å². The number of imidazole rings is 1. The minimum Gasteiger partial charge on any atom is -0.385 e. The van der Waals surface area contributed by atoms with Crippen LogP contribution in [-0.4, -0.2) is 36.1 Å². The fourth-order valence-electron chi connectivity index (χ4n) is 1.50. The van der Waals surface area contributed by atoms with E-state index in [0.717, 1.165) is 28.8 Å². The lowest BCUT2D eigenvalue weighted by Crippen LogP contribution is -2.26. The highest BCUT2D eigenvalue weighted by Gasteiger charge is 2.15. The molecule has 1 heterocycles. The number of nitrogens with zero attached hydrogens (tertiary/aromatic N) is 1. The molecular formula is C11H18IN3O2. The van der Waals surface area contributed by atoms with Crippen LogP contribution in [0.3, 0.4) is 0 Å². The molecule has 1 aromatic heterocycles. The molecule has 5 nitrogen and oxygen atoms in total. The SMILES string of the molecule is CCCc1[nH]c(I)nc1C(=O)NCCCOC. The molecule has 1 rings (SSSR count). The van der Waals surface area contributed by atoms with Crippen molar-refractivity contribution in [1.29, 1.82) is 0 Å². The minimum absolute atomic E-state index is 0.108. The third-order valence-corrected chi connectivity index (χ3v) is 2.79. The minimum atomic E-state index is -0.108. The summed E-state index contributed by atoms with van der Waals surface area (Å²) in [7, 11) is 1.65. The Hall–Kier alpha value is -0.630. The number of amides is 1. The summed E-state index contributed by atoms with van der Waals surface area (Å²) in [6.07, 6.45) is 2.64. The van der Waals surface area contributed by atoms with Crippen LogP contribution < -0.4 is 5.32 Å². The number of halogens is 1. The van der Waals surface area contributed by atoms with Gasteiger partial charge in [0.25, 0.3) is 5.91 Å². The standard InChI is InChI=1S/C11H18IN3O2/c1-3-5-8-9(15-11(12)14-8)10(16)13-6-4-7-17-2/h3-7H2,1-2H3,(H,13,16)(H,14,15). The molecule has 6 heteroatoms. The van der Waals surface area contributed by atoms with Crippen LogP contribution in [0.5, 0.6) is 0 Å². The lowest BCUT2D eigenvalue weighted by Gasteiger charge is -2.04. The van der Waals surface area contributed by atoms with Gasteiger partial charge in [0.05, 0.1) is 0 Å². The number of aryl methyl sites for hydroxylation is 1. The number of rotatable bonds is 7. The van der Waals surface area contributed by atoms with Crippen molar-refractivity contribution in [3.63, 3.8) is 0 Å². The van der Waals surface area contributed by atoms with Crippen LogP contribution in [0.25, 0.3) is 0 Å². The van der Waals surface area contributed by atoms with Gasteiger partial charge in [-0.05, 0) is 35.4 Å². The summed E-state index contributed by atoms with van der Waals surface area (Å²) in [5, 5.41) is 2.84. The molecule has 1 aromatic rings. The van der Waals surface area contributed by atoms with Crippen molar-refractivity contribution in [2.24, 2.45) is 0 Å². The van der Waals surface area contributed by atoms with Crippen LogP contribution in [0.2, 0.25) is 0 Å². The highest BCUT2D eigenvalue weighted by atomic mass is 127. The Bertz CT molecular complexity index is 366. The zero-order valence-electron chi connectivity index (χ0n) is 10.2. The normalized spacial score (nSPS) is 10.5. The van der Waals surface area contributed by atoms with E-state index in [-0.39, 0.29) is 5.91 Å². The zero-order chi connectivity index (χ0) is 12.7. The lowest BCUT2D eigenvalue weighted by molar-refractivity contribution is 0.0943. The molecule has 1 amide bonds. The van der Waals surface area contributed by atoms with Gasteiger partial charge in [-0.2, -0.15) is 0 Å². The summed E-state index contributed by atoms with van der Waals surface area (Å²) in [5.41, 5.74) is 1.44. The molecular weight excluding hydrogens is 333 g/mol. The van der Waals surface area contributed by atoms with Gasteiger partial charge in [0.1, 0.15) is 5.69 Å². The number of H-pyrrole nitrogens is 1. The van der Waals surface area contributed by atoms with Crippen molar-refractivity contribution in [2.75, 3.05) is 20.3 Å². The third kappa shape index (κ3) is 4.63. The van der Waals surface area contributed by atoms with Crippen molar-refractivity contribution in [2.45, 2.75) is 26.2 Å². The van der Waals surface area contributed by atoms with Gasteiger partial charge < -0.3 is 15.0 Å². The Morgan fingerprint density at radius 3 is 3.00 bits per heavy atom. The van der Waals surface area contributed by atoms with E-state index in [1.165, 1.54) is 0 Å². The number of hydrogen-bond donors (Lipinski definition) is 2. The number of carbonyl (C=O) groups is 1. The molecule has 0 saturated heterocycles. The van der Waals surface area contributed by atoms with E-state index < -0.39 is 0 Å². The Balaban J connectivity index is 2.55. The average Bonchev–Trinajstić information content (AvgIpc) is 2.66. The number of hydrogen-bond acceptors (Lipinski definition) is 3. The van der Waals surface area contributed by atoms with E-state index in [4.69, 9.17) is 4.74 Å². The monoisotopic (exact) mass is 351 g/mol. The van der Waals surface area contributed by atoms with Gasteiger partial charge in [-0.15, -0.1) is 0 Å². The molecule has 0 bridgehead atoms. The quantitative estimate of drug-likeness (QED) is 0.581. The molecule has 0 aliphatic carbocycles. The molecule has 0 spiro atoms. The number of methoxy groups -OCH3 is 1. The van der Waals surface area contributed by atoms with Crippen molar-refractivity contribution in [3.8, 4) is 0 Å². The largest absolute Gasteiger partial charge is 0.385 e. The van der Waals surface area contributed by atoms with E-state index >= 15 is 0 Å². The summed E-state index contributed by atoms with van der Waals surface area (Å²) in [6.45, 7) is 3.34. The number of carbonyl (C=O) groups excluding carboxylic acids is 1. The first-order valence-electron chi connectivity index (χ1n) is 5.70. The van der Waals surface area contributed by atoms with E-state index in [1.54, 1.807) is 7.11 Å². The van der Waals surface area contributed by atoms with E-state index in [0.29, 0.717) is 18.8 Å². The van der Waals surface area contributed by atoms with Gasteiger partial charge in [0.15, 0.2) is 3.83 Å². The van der Waals surface area contributed by atoms with Crippen LogP contribution in [0.4, 0.5) is 0 Å². The fourth-order valence-corrected chi connectivity index (χ4v) is 2.06. The van der Waals surface area contributed by atoms with Crippen LogP contribution in [0.15, 0.2) is 0 Å². The van der Waals surface area contributed by atoms with E-state index in [9.17, 15) is 4.79 Å². The predicted molar refractivity (Wildman–Crippen MR) is 74.1 cm³/mol. The summed E-state index contributed by atoms with van der Waals surface area (Å²) in [5.74, 6) is -0.108. The molecule has 0 unspecified atom stereocenters. The maximum Gasteiger partial charge on any atom is 0.271 e. The first-order chi connectivity index (χ1) is 8.19. The lowest BCUT2D eigenvalue weighted by atomic mass is 10.2. The Morgan fingerprint density at radius 1 is 1.59 bits per heavy atom. The summed E-state index contributed by atoms with van der Waals surface area (Å²) in [6, 6.07) is 0. The first kappa shape index (κ1) is 14.4. The average molecular weight is 351 g/mol.